The Morgan fingerprint density at radius 1 is 1.45 bits per heavy atom. The van der Waals surface area contributed by atoms with Crippen molar-refractivity contribution in [2.45, 2.75) is 0 Å². The molecule has 1 N–H and O–H groups in total. The Morgan fingerprint density at radius 3 is 2.55 bits per heavy atom. The quantitative estimate of drug-likeness (QED) is 0.554. The average Bonchev–Trinajstić information content (AvgIpc) is 1.88. The summed E-state index contributed by atoms with van der Waals surface area (Å²) in [5.74, 6) is 0.970. The van der Waals surface area contributed by atoms with E-state index in [1.807, 2.05) is 7.05 Å². The third kappa shape index (κ3) is 2.73. The molecule has 1 saturated heterocycles. The van der Waals surface area contributed by atoms with E-state index < -0.39 is 0 Å². The van der Waals surface area contributed by atoms with Gasteiger partial charge in [0.05, 0.1) is 13.3 Å². The number of hydrogen-bond acceptors (Lipinski definition) is 2. The zero-order valence-corrected chi connectivity index (χ0v) is 8.60. The van der Waals surface area contributed by atoms with Gasteiger partial charge in [-0.1, -0.05) is 0 Å². The van der Waals surface area contributed by atoms with E-state index in [9.17, 15) is 0 Å². The van der Waals surface area contributed by atoms with Crippen LogP contribution in [0.25, 0.3) is 0 Å². The third-order valence-electron chi connectivity index (χ3n) is 1.53. The molecule has 0 saturated carbocycles. The van der Waals surface area contributed by atoms with Gasteiger partial charge < -0.3 is 10.2 Å². The smallest absolute Gasteiger partial charge is 0.195 e. The van der Waals surface area contributed by atoms with Gasteiger partial charge in [0.15, 0.2) is 5.96 Å². The molecule has 0 aliphatic carbocycles. The molecule has 63 valence electrons. The summed E-state index contributed by atoms with van der Waals surface area (Å²) in [5.41, 5.74) is 0. The Morgan fingerprint density at radius 2 is 2.09 bits per heavy atom. The summed E-state index contributed by atoms with van der Waals surface area (Å²) in [6, 6.07) is 0. The van der Waals surface area contributed by atoms with E-state index in [4.69, 9.17) is 0 Å². The fraction of sp³-hybridized carbons (Fsp3) is 0.833. The number of guanidine groups is 1. The Balaban J connectivity index is 0.000001000. The maximum atomic E-state index is 4.07. The van der Waals surface area contributed by atoms with Crippen LogP contribution in [0.1, 0.15) is 0 Å². The first-order valence-corrected chi connectivity index (χ1v) is 3.34. The van der Waals surface area contributed by atoms with Crippen molar-refractivity contribution in [1.29, 1.82) is 0 Å². The van der Waals surface area contributed by atoms with Gasteiger partial charge in [0.1, 0.15) is 0 Å². The first-order chi connectivity index (χ1) is 4.74. The molecule has 1 fully saturated rings. The fourth-order valence-electron chi connectivity index (χ4n) is 1.07. The van der Waals surface area contributed by atoms with Crippen molar-refractivity contribution < 1.29 is 18.6 Å². The van der Waals surface area contributed by atoms with Crippen molar-refractivity contribution in [2.75, 3.05) is 34.5 Å². The molecule has 0 atom stereocenters. The molecule has 1 aliphatic rings. The first kappa shape index (κ1) is 10.8. The molecule has 5 heteroatoms. The predicted molar refractivity (Wildman–Crippen MR) is 41.8 cm³/mol. The van der Waals surface area contributed by atoms with Gasteiger partial charge in [-0.05, 0) is 7.05 Å². The standard InChI is InChI=1S/C6H14N4.V/c1-7-6-8-4-9(2)5-10(6)3;/h4-5H2,1-3H3,(H,7,8);. The monoisotopic (exact) mass is 193 g/mol. The van der Waals surface area contributed by atoms with Crippen LogP contribution in [0.5, 0.6) is 0 Å². The normalized spacial score (nSPS) is 22.8. The van der Waals surface area contributed by atoms with E-state index in [1.165, 1.54) is 0 Å². The zero-order chi connectivity index (χ0) is 7.56. The van der Waals surface area contributed by atoms with Crippen LogP contribution in [0, 0.1) is 0 Å². The van der Waals surface area contributed by atoms with Gasteiger partial charge in [-0.15, -0.1) is 0 Å². The Bertz CT molecular complexity index is 148. The SMILES string of the molecule is CN=C1NCN(C)CN1C.[V]. The molecular formula is C6H14N4V. The summed E-state index contributed by atoms with van der Waals surface area (Å²) in [6.45, 7) is 1.83. The largest absolute Gasteiger partial charge is 0.343 e. The van der Waals surface area contributed by atoms with Crippen molar-refractivity contribution in [3.8, 4) is 0 Å². The van der Waals surface area contributed by atoms with Crippen molar-refractivity contribution in [3.05, 3.63) is 0 Å². The van der Waals surface area contributed by atoms with Gasteiger partial charge in [0, 0.05) is 32.7 Å². The molecule has 0 unspecified atom stereocenters. The minimum atomic E-state index is 0. The summed E-state index contributed by atoms with van der Waals surface area (Å²) >= 11 is 0. The van der Waals surface area contributed by atoms with Crippen LogP contribution in [-0.2, 0) is 18.6 Å². The predicted octanol–water partition coefficient (Wildman–Crippen LogP) is -0.648. The third-order valence-corrected chi connectivity index (χ3v) is 1.53. The zero-order valence-electron chi connectivity index (χ0n) is 7.20. The molecule has 0 aromatic rings. The van der Waals surface area contributed by atoms with Crippen LogP contribution in [0.4, 0.5) is 0 Å². The Labute approximate surface area is 79.5 Å². The number of hydrogen-bond donors (Lipinski definition) is 1. The van der Waals surface area contributed by atoms with Crippen molar-refractivity contribution >= 4 is 5.96 Å². The summed E-state index contributed by atoms with van der Waals surface area (Å²) in [7, 11) is 5.88. The van der Waals surface area contributed by atoms with Crippen LogP contribution in [0.15, 0.2) is 4.99 Å². The van der Waals surface area contributed by atoms with Crippen LogP contribution >= 0.6 is 0 Å². The van der Waals surface area contributed by atoms with Gasteiger partial charge in [-0.2, -0.15) is 0 Å². The second-order valence-electron chi connectivity index (χ2n) is 2.58. The molecule has 1 rings (SSSR count). The molecule has 4 nitrogen and oxygen atoms in total. The molecule has 0 bridgehead atoms. The summed E-state index contributed by atoms with van der Waals surface area (Å²) < 4.78 is 0. The molecule has 1 aliphatic heterocycles. The number of nitrogens with zero attached hydrogens (tertiary/aromatic N) is 3. The van der Waals surface area contributed by atoms with Gasteiger partial charge in [-0.3, -0.25) is 9.89 Å². The molecule has 0 aromatic carbocycles. The van der Waals surface area contributed by atoms with Crippen molar-refractivity contribution in [2.24, 2.45) is 4.99 Å². The van der Waals surface area contributed by atoms with Crippen LogP contribution < -0.4 is 5.32 Å². The van der Waals surface area contributed by atoms with Crippen LogP contribution in [0.2, 0.25) is 0 Å². The van der Waals surface area contributed by atoms with E-state index in [-0.39, 0.29) is 18.6 Å². The van der Waals surface area contributed by atoms with Gasteiger partial charge in [0.25, 0.3) is 0 Å². The second-order valence-corrected chi connectivity index (χ2v) is 2.58. The van der Waals surface area contributed by atoms with E-state index >= 15 is 0 Å². The number of nitrogens with one attached hydrogen (secondary N) is 1. The Hall–Kier alpha value is -0.186. The van der Waals surface area contributed by atoms with E-state index in [1.54, 1.807) is 7.05 Å². The summed E-state index contributed by atoms with van der Waals surface area (Å²) in [4.78, 5) is 8.32. The van der Waals surface area contributed by atoms with Gasteiger partial charge >= 0.3 is 0 Å². The van der Waals surface area contributed by atoms with Gasteiger partial charge in [-0.25, -0.2) is 0 Å². The fourth-order valence-corrected chi connectivity index (χ4v) is 1.07. The summed E-state index contributed by atoms with van der Waals surface area (Å²) in [5, 5.41) is 3.17. The van der Waals surface area contributed by atoms with E-state index in [0.717, 1.165) is 19.3 Å². The van der Waals surface area contributed by atoms with Crippen molar-refractivity contribution in [3.63, 3.8) is 0 Å². The first-order valence-electron chi connectivity index (χ1n) is 3.34. The van der Waals surface area contributed by atoms with E-state index in [0.29, 0.717) is 0 Å². The van der Waals surface area contributed by atoms with Crippen molar-refractivity contribution in [1.82, 2.24) is 15.1 Å². The molecular weight excluding hydrogens is 179 g/mol. The van der Waals surface area contributed by atoms with Crippen LogP contribution in [0.3, 0.4) is 0 Å². The molecule has 0 spiro atoms. The number of aliphatic imine (C=N–C) groups is 1. The maximum Gasteiger partial charge on any atom is 0.195 e. The minimum Gasteiger partial charge on any atom is -0.343 e. The molecule has 1 heterocycles. The molecule has 0 aromatic heterocycles. The van der Waals surface area contributed by atoms with E-state index in [2.05, 4.69) is 27.2 Å². The summed E-state index contributed by atoms with van der Waals surface area (Å²) in [6.07, 6.45) is 0. The molecule has 0 amide bonds. The molecule has 1 radical (unpaired) electrons. The maximum absolute atomic E-state index is 4.07. The topological polar surface area (TPSA) is 30.9 Å². The van der Waals surface area contributed by atoms with Gasteiger partial charge in [0.2, 0.25) is 0 Å². The van der Waals surface area contributed by atoms with Crippen LogP contribution in [-0.4, -0.2) is 50.2 Å². The minimum absolute atomic E-state index is 0. The number of rotatable bonds is 0. The second kappa shape index (κ2) is 4.64. The average molecular weight is 193 g/mol. The molecule has 11 heavy (non-hydrogen) atoms. The Kier molecular flexibility index (Phi) is 4.57.